The van der Waals surface area contributed by atoms with Gasteiger partial charge in [-0.1, -0.05) is 13.8 Å². The van der Waals surface area contributed by atoms with E-state index in [1.165, 1.54) is 0 Å². The van der Waals surface area contributed by atoms with Crippen LogP contribution in [-0.2, 0) is 10.8 Å². The smallest absolute Gasteiger partial charge is 0.251 e. The fourth-order valence-electron chi connectivity index (χ4n) is 1.95. The molecule has 2 N–H and O–H groups in total. The molecule has 21 heavy (non-hydrogen) atoms. The topological polar surface area (TPSA) is 71.1 Å². The number of anilines is 1. The molecule has 1 amide bonds. The summed E-state index contributed by atoms with van der Waals surface area (Å²) in [6.45, 7) is 8.68. The quantitative estimate of drug-likeness (QED) is 0.809. The second-order valence-corrected chi connectivity index (χ2v) is 6.95. The van der Waals surface area contributed by atoms with Crippen LogP contribution in [0.15, 0.2) is 12.1 Å². The van der Waals surface area contributed by atoms with Crippen LogP contribution in [0, 0.1) is 0 Å². The lowest BCUT2D eigenvalue weighted by Gasteiger charge is -2.15. The van der Waals surface area contributed by atoms with Crippen molar-refractivity contribution in [3.05, 3.63) is 23.4 Å². The van der Waals surface area contributed by atoms with Crippen LogP contribution in [0.5, 0.6) is 0 Å². The number of nitrogens with zero attached hydrogens (tertiary/aromatic N) is 1. The molecule has 0 aliphatic rings. The minimum Gasteiger partial charge on any atom is -0.370 e. The van der Waals surface area contributed by atoms with Crippen LogP contribution in [0.1, 0.15) is 49.7 Å². The van der Waals surface area contributed by atoms with Gasteiger partial charge in [0.2, 0.25) is 0 Å². The largest absolute Gasteiger partial charge is 0.370 e. The number of nitrogens with one attached hydrogen (secondary N) is 2. The highest BCUT2D eigenvalue weighted by Crippen LogP contribution is 2.17. The Morgan fingerprint density at radius 3 is 2.52 bits per heavy atom. The predicted molar refractivity (Wildman–Crippen MR) is 88.4 cm³/mol. The van der Waals surface area contributed by atoms with Crippen LogP contribution in [0.2, 0.25) is 0 Å². The molecule has 0 aromatic carbocycles. The van der Waals surface area contributed by atoms with Crippen molar-refractivity contribution in [2.75, 3.05) is 23.9 Å². The molecule has 0 saturated heterocycles. The molecule has 5 nitrogen and oxygen atoms in total. The van der Waals surface area contributed by atoms with Crippen LogP contribution in [-0.4, -0.2) is 39.7 Å². The van der Waals surface area contributed by atoms with E-state index in [9.17, 15) is 9.00 Å². The lowest BCUT2D eigenvalue weighted by atomic mass is 10.1. The van der Waals surface area contributed by atoms with Crippen molar-refractivity contribution < 1.29 is 9.00 Å². The van der Waals surface area contributed by atoms with Gasteiger partial charge >= 0.3 is 0 Å². The summed E-state index contributed by atoms with van der Waals surface area (Å²) in [6, 6.07) is 3.44. The van der Waals surface area contributed by atoms with Gasteiger partial charge in [0.05, 0.1) is 0 Å². The highest BCUT2D eigenvalue weighted by Gasteiger charge is 2.14. The third-order valence-electron chi connectivity index (χ3n) is 2.92. The van der Waals surface area contributed by atoms with Gasteiger partial charge in [0.1, 0.15) is 5.82 Å². The molecule has 2 unspecified atom stereocenters. The Morgan fingerprint density at radius 1 is 1.33 bits per heavy atom. The van der Waals surface area contributed by atoms with Gasteiger partial charge in [-0.2, -0.15) is 0 Å². The van der Waals surface area contributed by atoms with Gasteiger partial charge in [-0.15, -0.1) is 0 Å². The van der Waals surface area contributed by atoms with Gasteiger partial charge in [-0.25, -0.2) is 4.98 Å². The summed E-state index contributed by atoms with van der Waals surface area (Å²) >= 11 is 0. The molecule has 2 atom stereocenters. The van der Waals surface area contributed by atoms with Gasteiger partial charge in [-0.3, -0.25) is 9.00 Å². The molecule has 1 heterocycles. The number of carbonyl (C=O) groups is 1. The maximum Gasteiger partial charge on any atom is 0.251 e. The Hall–Kier alpha value is -1.43. The number of aromatic nitrogens is 1. The van der Waals surface area contributed by atoms with E-state index in [4.69, 9.17) is 0 Å². The van der Waals surface area contributed by atoms with Crippen LogP contribution in [0.3, 0.4) is 0 Å². The van der Waals surface area contributed by atoms with Crippen molar-refractivity contribution in [2.24, 2.45) is 0 Å². The molecular formula is C15H25N3O2S. The zero-order valence-corrected chi connectivity index (χ0v) is 14.2. The van der Waals surface area contributed by atoms with Gasteiger partial charge < -0.3 is 10.6 Å². The van der Waals surface area contributed by atoms with Gasteiger partial charge in [0.25, 0.3) is 5.91 Å². The second-order valence-electron chi connectivity index (χ2n) is 5.47. The third-order valence-corrected chi connectivity index (χ3v) is 3.89. The van der Waals surface area contributed by atoms with Gasteiger partial charge in [0, 0.05) is 46.7 Å². The first-order chi connectivity index (χ1) is 9.83. The molecule has 1 aromatic heterocycles. The molecule has 6 heteroatoms. The minimum absolute atomic E-state index is 0.124. The van der Waals surface area contributed by atoms with Crippen molar-refractivity contribution >= 4 is 22.5 Å². The lowest BCUT2D eigenvalue weighted by molar-refractivity contribution is 0.0943. The Labute approximate surface area is 129 Å². The van der Waals surface area contributed by atoms with Crippen LogP contribution in [0.4, 0.5) is 5.82 Å². The van der Waals surface area contributed by atoms with E-state index in [0.29, 0.717) is 17.1 Å². The van der Waals surface area contributed by atoms with Crippen molar-refractivity contribution in [1.29, 1.82) is 0 Å². The molecule has 0 aliphatic carbocycles. The summed E-state index contributed by atoms with van der Waals surface area (Å²) in [7, 11) is -0.927. The molecule has 1 aromatic rings. The van der Waals surface area contributed by atoms with E-state index in [1.807, 2.05) is 33.8 Å². The Morgan fingerprint density at radius 2 is 2.00 bits per heavy atom. The summed E-state index contributed by atoms with van der Waals surface area (Å²) in [5.41, 5.74) is 1.46. The maximum absolute atomic E-state index is 12.3. The van der Waals surface area contributed by atoms with Crippen LogP contribution < -0.4 is 10.6 Å². The molecule has 0 radical (unpaired) electrons. The highest BCUT2D eigenvalue weighted by molar-refractivity contribution is 7.84. The number of pyridine rings is 1. The van der Waals surface area contributed by atoms with E-state index < -0.39 is 10.8 Å². The standard InChI is InChI=1S/C15H25N3O2S/c1-6-16-14-8-12(7-13(18-14)10(2)3)15(19)17-11(4)9-21(5)20/h7-8,10-11H,6,9H2,1-5H3,(H,16,18)(H,17,19). The molecule has 1 rings (SSSR count). The van der Waals surface area contributed by atoms with E-state index in [-0.39, 0.29) is 17.9 Å². The van der Waals surface area contributed by atoms with Gasteiger partial charge in [0.15, 0.2) is 0 Å². The summed E-state index contributed by atoms with van der Waals surface area (Å²) in [4.78, 5) is 16.8. The number of amides is 1. The number of hydrogen-bond acceptors (Lipinski definition) is 4. The summed E-state index contributed by atoms with van der Waals surface area (Å²) < 4.78 is 11.2. The first-order valence-corrected chi connectivity index (χ1v) is 8.93. The fourth-order valence-corrected chi connectivity index (χ4v) is 2.74. The van der Waals surface area contributed by atoms with Crippen molar-refractivity contribution in [1.82, 2.24) is 10.3 Å². The summed E-state index contributed by atoms with van der Waals surface area (Å²) in [5, 5.41) is 6.02. The third kappa shape index (κ3) is 5.83. The number of hydrogen-bond donors (Lipinski definition) is 2. The SMILES string of the molecule is CCNc1cc(C(=O)NC(C)CS(C)=O)cc(C(C)C)n1. The van der Waals surface area contributed by atoms with Crippen molar-refractivity contribution in [3.63, 3.8) is 0 Å². The fraction of sp³-hybridized carbons (Fsp3) is 0.600. The Kier molecular flexibility index (Phi) is 6.81. The second kappa shape index (κ2) is 8.12. The average Bonchev–Trinajstić information content (AvgIpc) is 2.37. The van der Waals surface area contributed by atoms with Crippen LogP contribution in [0.25, 0.3) is 0 Å². The minimum atomic E-state index is -0.927. The average molecular weight is 311 g/mol. The van der Waals surface area contributed by atoms with E-state index >= 15 is 0 Å². The normalized spacial score (nSPS) is 13.8. The molecule has 0 saturated carbocycles. The van der Waals surface area contributed by atoms with Gasteiger partial charge in [-0.05, 0) is 31.9 Å². The molecule has 0 spiro atoms. The molecular weight excluding hydrogens is 286 g/mol. The van der Waals surface area contributed by atoms with E-state index in [1.54, 1.807) is 12.3 Å². The predicted octanol–water partition coefficient (Wildman–Crippen LogP) is 2.13. The number of carbonyl (C=O) groups excluding carboxylic acids is 1. The maximum atomic E-state index is 12.3. The van der Waals surface area contributed by atoms with Crippen molar-refractivity contribution in [2.45, 2.75) is 39.7 Å². The van der Waals surface area contributed by atoms with Crippen molar-refractivity contribution in [3.8, 4) is 0 Å². The first-order valence-electron chi connectivity index (χ1n) is 7.20. The van der Waals surface area contributed by atoms with Crippen LogP contribution >= 0.6 is 0 Å². The summed E-state index contributed by atoms with van der Waals surface area (Å²) in [6.07, 6.45) is 1.63. The molecule has 0 bridgehead atoms. The monoisotopic (exact) mass is 311 g/mol. The van der Waals surface area contributed by atoms with E-state index in [2.05, 4.69) is 15.6 Å². The molecule has 0 aliphatic heterocycles. The summed E-state index contributed by atoms with van der Waals surface area (Å²) in [5.74, 6) is 1.25. The number of rotatable bonds is 7. The Bertz CT molecular complexity index is 518. The zero-order chi connectivity index (χ0) is 16.0. The highest BCUT2D eigenvalue weighted by atomic mass is 32.2. The van der Waals surface area contributed by atoms with E-state index in [0.717, 1.165) is 12.2 Å². The Balaban J connectivity index is 2.94. The first kappa shape index (κ1) is 17.6. The lowest BCUT2D eigenvalue weighted by Crippen LogP contribution is -2.36. The molecule has 118 valence electrons. The molecule has 0 fully saturated rings. The zero-order valence-electron chi connectivity index (χ0n) is 13.4.